The molecule has 3 rings (SSSR count). The summed E-state index contributed by atoms with van der Waals surface area (Å²) < 4.78 is 6.39. The maximum Gasteiger partial charge on any atom is 0.338 e. The second kappa shape index (κ2) is 9.26. The van der Waals surface area contributed by atoms with Gasteiger partial charge in [-0.15, -0.1) is 0 Å². The molecule has 0 fully saturated rings. The highest BCUT2D eigenvalue weighted by atomic mass is 16.6. The van der Waals surface area contributed by atoms with Crippen molar-refractivity contribution in [1.29, 1.82) is 0 Å². The van der Waals surface area contributed by atoms with Crippen molar-refractivity contribution < 1.29 is 24.2 Å². The Balaban J connectivity index is 1.92. The number of hydrogen-bond donors (Lipinski definition) is 1. The van der Waals surface area contributed by atoms with E-state index in [0.717, 1.165) is 18.2 Å². The number of carbonyl (C=O) groups excluding carboxylic acids is 2. The Morgan fingerprint density at radius 2 is 1.67 bits per heavy atom. The highest BCUT2D eigenvalue weighted by Gasteiger charge is 2.22. The highest BCUT2D eigenvalue weighted by Crippen LogP contribution is 2.26. The minimum absolute atomic E-state index is 0.218. The number of rotatable bonds is 7. The zero-order valence-corrected chi connectivity index (χ0v) is 17.9. The Hall–Kier alpha value is -4.61. The van der Waals surface area contributed by atoms with Gasteiger partial charge in [0, 0.05) is 12.1 Å². The number of aromatic nitrogens is 2. The fourth-order valence-electron chi connectivity index (χ4n) is 3.28. The lowest BCUT2D eigenvalue weighted by Crippen LogP contribution is -2.14. The molecule has 1 aromatic heterocycles. The SMILES string of the molecule is COC(=O)c1ccccc1Cn1nc(C)c(NC(=O)c2cc([N+](=O)[O-])cc([N+](=O)[O-])c2)c1C. The van der Waals surface area contributed by atoms with Crippen molar-refractivity contribution in [1.82, 2.24) is 9.78 Å². The van der Waals surface area contributed by atoms with E-state index in [2.05, 4.69) is 10.4 Å². The molecule has 3 aromatic rings. The number of esters is 1. The van der Waals surface area contributed by atoms with Gasteiger partial charge in [-0.25, -0.2) is 4.79 Å². The van der Waals surface area contributed by atoms with Crippen LogP contribution in [0.3, 0.4) is 0 Å². The van der Waals surface area contributed by atoms with Gasteiger partial charge in [0.1, 0.15) is 0 Å². The largest absolute Gasteiger partial charge is 0.465 e. The van der Waals surface area contributed by atoms with E-state index >= 15 is 0 Å². The van der Waals surface area contributed by atoms with Crippen molar-refractivity contribution >= 4 is 28.9 Å². The summed E-state index contributed by atoms with van der Waals surface area (Å²) in [6.07, 6.45) is 0. The number of anilines is 1. The first-order valence-electron chi connectivity index (χ1n) is 9.57. The summed E-state index contributed by atoms with van der Waals surface area (Å²) >= 11 is 0. The molecule has 1 N–H and O–H groups in total. The zero-order valence-electron chi connectivity index (χ0n) is 17.9. The van der Waals surface area contributed by atoms with Crippen LogP contribution in [-0.2, 0) is 11.3 Å². The molecule has 0 saturated heterocycles. The second-order valence-corrected chi connectivity index (χ2v) is 7.06. The first-order chi connectivity index (χ1) is 15.6. The van der Waals surface area contributed by atoms with Crippen LogP contribution < -0.4 is 5.32 Å². The molecular weight excluding hydrogens is 434 g/mol. The number of methoxy groups -OCH3 is 1. The second-order valence-electron chi connectivity index (χ2n) is 7.06. The van der Waals surface area contributed by atoms with E-state index in [4.69, 9.17) is 4.74 Å². The van der Waals surface area contributed by atoms with Gasteiger partial charge in [-0.1, -0.05) is 18.2 Å². The van der Waals surface area contributed by atoms with Gasteiger partial charge in [0.2, 0.25) is 0 Å². The Morgan fingerprint density at radius 3 is 2.24 bits per heavy atom. The number of nitro groups is 2. The van der Waals surface area contributed by atoms with Gasteiger partial charge >= 0.3 is 5.97 Å². The Bertz CT molecular complexity index is 1250. The lowest BCUT2D eigenvalue weighted by atomic mass is 10.1. The van der Waals surface area contributed by atoms with Gasteiger partial charge in [-0.05, 0) is 25.5 Å². The molecule has 12 nitrogen and oxygen atoms in total. The van der Waals surface area contributed by atoms with Crippen LogP contribution in [0.4, 0.5) is 17.1 Å². The third-order valence-corrected chi connectivity index (χ3v) is 4.95. The number of amides is 1. The molecule has 1 heterocycles. The van der Waals surface area contributed by atoms with Crippen molar-refractivity contribution in [3.05, 3.63) is 90.8 Å². The smallest absolute Gasteiger partial charge is 0.338 e. The van der Waals surface area contributed by atoms with Gasteiger partial charge in [0.05, 0.1) is 57.8 Å². The summed E-state index contributed by atoms with van der Waals surface area (Å²) in [5.41, 5.74) is 1.01. The van der Waals surface area contributed by atoms with Crippen LogP contribution in [0, 0.1) is 34.1 Å². The van der Waals surface area contributed by atoms with Gasteiger partial charge in [-0.3, -0.25) is 29.7 Å². The molecule has 1 amide bonds. The van der Waals surface area contributed by atoms with Gasteiger partial charge in [0.25, 0.3) is 17.3 Å². The Labute approximate surface area is 187 Å². The molecule has 0 aliphatic carbocycles. The molecular formula is C21H19N5O7. The quantitative estimate of drug-likeness (QED) is 0.323. The van der Waals surface area contributed by atoms with E-state index in [1.54, 1.807) is 42.8 Å². The maximum atomic E-state index is 12.8. The number of aryl methyl sites for hydroxylation is 1. The summed E-state index contributed by atoms with van der Waals surface area (Å²) in [6, 6.07) is 9.57. The topological polar surface area (TPSA) is 160 Å². The van der Waals surface area contributed by atoms with Gasteiger partial charge in [0.15, 0.2) is 0 Å². The van der Waals surface area contributed by atoms with Gasteiger partial charge in [-0.2, -0.15) is 5.10 Å². The number of nitrogens with one attached hydrogen (secondary N) is 1. The molecule has 170 valence electrons. The lowest BCUT2D eigenvalue weighted by molar-refractivity contribution is -0.394. The molecule has 0 spiro atoms. The van der Waals surface area contributed by atoms with E-state index in [0.29, 0.717) is 28.2 Å². The molecule has 33 heavy (non-hydrogen) atoms. The maximum absolute atomic E-state index is 12.8. The first-order valence-corrected chi connectivity index (χ1v) is 9.57. The Morgan fingerprint density at radius 1 is 1.06 bits per heavy atom. The number of nitro benzene ring substituents is 2. The number of ether oxygens (including phenoxy) is 1. The van der Waals surface area contributed by atoms with Crippen LogP contribution in [0.1, 0.15) is 37.7 Å². The zero-order chi connectivity index (χ0) is 24.3. The van der Waals surface area contributed by atoms with Crippen molar-refractivity contribution in [3.8, 4) is 0 Å². The van der Waals surface area contributed by atoms with E-state index in [1.807, 2.05) is 0 Å². The molecule has 0 aliphatic heterocycles. The van der Waals surface area contributed by atoms with Crippen LogP contribution in [0.2, 0.25) is 0 Å². The fraction of sp³-hybridized carbons (Fsp3) is 0.190. The highest BCUT2D eigenvalue weighted by molar-refractivity contribution is 6.05. The van der Waals surface area contributed by atoms with Crippen LogP contribution in [0.15, 0.2) is 42.5 Å². The van der Waals surface area contributed by atoms with Crippen molar-refractivity contribution in [2.45, 2.75) is 20.4 Å². The molecule has 0 atom stereocenters. The summed E-state index contributed by atoms with van der Waals surface area (Å²) in [5.74, 6) is -1.25. The van der Waals surface area contributed by atoms with E-state index in [-0.39, 0.29) is 12.1 Å². The normalized spacial score (nSPS) is 10.5. The fourth-order valence-corrected chi connectivity index (χ4v) is 3.28. The van der Waals surface area contributed by atoms with Crippen molar-refractivity contribution in [2.75, 3.05) is 12.4 Å². The molecule has 0 unspecified atom stereocenters. The molecule has 12 heteroatoms. The average Bonchev–Trinajstić information content (AvgIpc) is 3.05. The molecule has 0 bridgehead atoms. The van der Waals surface area contributed by atoms with Crippen LogP contribution >= 0.6 is 0 Å². The van der Waals surface area contributed by atoms with Crippen molar-refractivity contribution in [3.63, 3.8) is 0 Å². The van der Waals surface area contributed by atoms with Crippen LogP contribution in [-0.4, -0.2) is 38.6 Å². The predicted molar refractivity (Wildman–Crippen MR) is 116 cm³/mol. The molecule has 0 radical (unpaired) electrons. The molecule has 0 saturated carbocycles. The summed E-state index contributed by atoms with van der Waals surface area (Å²) in [4.78, 5) is 45.4. The minimum Gasteiger partial charge on any atom is -0.465 e. The number of carbonyl (C=O) groups is 2. The standard InChI is InChI=1S/C21H19N5O7/c1-12-19(22-20(27)15-8-16(25(29)30)10-17(9-15)26(31)32)13(2)24(23-12)11-14-6-4-5-7-18(14)21(28)33-3/h4-10H,11H2,1-3H3,(H,22,27). The lowest BCUT2D eigenvalue weighted by Gasteiger charge is -2.10. The number of hydrogen-bond acceptors (Lipinski definition) is 8. The molecule has 2 aromatic carbocycles. The van der Waals surface area contributed by atoms with Gasteiger partial charge < -0.3 is 10.1 Å². The van der Waals surface area contributed by atoms with Crippen LogP contribution in [0.5, 0.6) is 0 Å². The average molecular weight is 453 g/mol. The Kier molecular flexibility index (Phi) is 6.47. The minimum atomic E-state index is -0.808. The third-order valence-electron chi connectivity index (χ3n) is 4.95. The predicted octanol–water partition coefficient (Wildman–Crippen LogP) is 3.40. The van der Waals surface area contributed by atoms with Crippen molar-refractivity contribution in [2.24, 2.45) is 0 Å². The van der Waals surface area contributed by atoms with E-state index in [1.165, 1.54) is 7.11 Å². The summed E-state index contributed by atoms with van der Waals surface area (Å²) in [6.45, 7) is 3.57. The van der Waals surface area contributed by atoms with E-state index < -0.39 is 33.1 Å². The number of non-ortho nitro benzene ring substituents is 2. The third kappa shape index (κ3) is 4.84. The first kappa shape index (κ1) is 23.1. The van der Waals surface area contributed by atoms with E-state index in [9.17, 15) is 29.8 Å². The summed E-state index contributed by atoms with van der Waals surface area (Å²) in [5, 5.41) is 29.2. The molecule has 0 aliphatic rings. The monoisotopic (exact) mass is 453 g/mol. The number of nitrogens with zero attached hydrogens (tertiary/aromatic N) is 4. The van der Waals surface area contributed by atoms with Crippen LogP contribution in [0.25, 0.3) is 0 Å². The number of benzene rings is 2. The summed E-state index contributed by atoms with van der Waals surface area (Å²) in [7, 11) is 1.29.